The molecule has 0 bridgehead atoms. The fourth-order valence-electron chi connectivity index (χ4n) is 3.59. The van der Waals surface area contributed by atoms with Crippen LogP contribution in [0.1, 0.15) is 27.0 Å². The molecule has 0 atom stereocenters. The molecule has 4 rings (SSSR count). The number of carbonyl (C=O) groups excluding carboxylic acids is 1. The van der Waals surface area contributed by atoms with Crippen LogP contribution in [0.25, 0.3) is 22.2 Å². The molecule has 0 saturated carbocycles. The molecule has 0 unspecified atom stereocenters. The van der Waals surface area contributed by atoms with Gasteiger partial charge in [0, 0.05) is 28.4 Å². The largest absolute Gasteiger partial charge is 0.418 e. The van der Waals surface area contributed by atoms with Gasteiger partial charge in [-0.15, -0.1) is 0 Å². The predicted octanol–water partition coefficient (Wildman–Crippen LogP) is 6.84. The number of amides is 1. The number of carbonyl (C=O) groups is 1. The standard InChI is InChI=1S/C24H17ClF3N3O/c1-13-9-14(2)22-17(10-13)18(12-21(30-22)15-5-7-29-8-6-15)23(32)31-20-4-3-16(25)11-19(20)24(26,27)28/h3-12H,1-2H3,(H,31,32). The number of anilines is 1. The van der Waals surface area contributed by atoms with Crippen molar-refractivity contribution in [2.75, 3.05) is 5.32 Å². The van der Waals surface area contributed by atoms with Crippen LogP contribution in [-0.2, 0) is 6.18 Å². The van der Waals surface area contributed by atoms with E-state index in [-0.39, 0.29) is 16.3 Å². The molecule has 1 N–H and O–H groups in total. The van der Waals surface area contributed by atoms with Gasteiger partial charge in [0.1, 0.15) is 0 Å². The van der Waals surface area contributed by atoms with Gasteiger partial charge in [0.2, 0.25) is 0 Å². The first-order chi connectivity index (χ1) is 15.1. The minimum absolute atomic E-state index is 0.0732. The second-order valence-electron chi connectivity index (χ2n) is 7.41. The van der Waals surface area contributed by atoms with E-state index in [0.29, 0.717) is 16.6 Å². The molecule has 4 aromatic rings. The molecule has 0 aliphatic carbocycles. The van der Waals surface area contributed by atoms with E-state index in [2.05, 4.69) is 10.3 Å². The fourth-order valence-corrected chi connectivity index (χ4v) is 3.76. The Morgan fingerprint density at radius 3 is 2.41 bits per heavy atom. The Morgan fingerprint density at radius 2 is 1.72 bits per heavy atom. The molecule has 0 spiro atoms. The van der Waals surface area contributed by atoms with E-state index in [4.69, 9.17) is 16.6 Å². The third kappa shape index (κ3) is 4.29. The van der Waals surface area contributed by atoms with Crippen LogP contribution in [0.4, 0.5) is 18.9 Å². The minimum atomic E-state index is -4.68. The van der Waals surface area contributed by atoms with Gasteiger partial charge in [-0.3, -0.25) is 9.78 Å². The van der Waals surface area contributed by atoms with E-state index in [9.17, 15) is 18.0 Å². The van der Waals surface area contributed by atoms with Gasteiger partial charge >= 0.3 is 6.18 Å². The first-order valence-corrected chi connectivity index (χ1v) is 10.0. The van der Waals surface area contributed by atoms with E-state index in [1.165, 1.54) is 6.07 Å². The van der Waals surface area contributed by atoms with Crippen molar-refractivity contribution >= 4 is 34.1 Å². The lowest BCUT2D eigenvalue weighted by molar-refractivity contribution is -0.136. The summed E-state index contributed by atoms with van der Waals surface area (Å²) in [6.07, 6.45) is -1.47. The number of fused-ring (bicyclic) bond motifs is 1. The van der Waals surface area contributed by atoms with Crippen molar-refractivity contribution in [1.82, 2.24) is 9.97 Å². The number of pyridine rings is 2. The monoisotopic (exact) mass is 455 g/mol. The van der Waals surface area contributed by atoms with Crippen LogP contribution in [0.15, 0.2) is 60.9 Å². The van der Waals surface area contributed by atoms with Crippen LogP contribution >= 0.6 is 11.6 Å². The number of halogens is 4. The van der Waals surface area contributed by atoms with Gasteiger partial charge < -0.3 is 5.32 Å². The number of hydrogen-bond donors (Lipinski definition) is 1. The predicted molar refractivity (Wildman–Crippen MR) is 119 cm³/mol. The smallest absolute Gasteiger partial charge is 0.321 e. The molecule has 0 fully saturated rings. The van der Waals surface area contributed by atoms with E-state index >= 15 is 0 Å². The quantitative estimate of drug-likeness (QED) is 0.368. The average Bonchev–Trinajstić information content (AvgIpc) is 2.74. The Hall–Kier alpha value is -3.45. The second-order valence-corrected chi connectivity index (χ2v) is 7.85. The summed E-state index contributed by atoms with van der Waals surface area (Å²) in [5, 5.41) is 2.90. The van der Waals surface area contributed by atoms with Crippen molar-refractivity contribution in [3.63, 3.8) is 0 Å². The third-order valence-electron chi connectivity index (χ3n) is 5.00. The zero-order valence-corrected chi connectivity index (χ0v) is 17.8. The maximum absolute atomic E-state index is 13.5. The molecular weight excluding hydrogens is 439 g/mol. The molecule has 0 aliphatic rings. The van der Waals surface area contributed by atoms with Crippen molar-refractivity contribution < 1.29 is 18.0 Å². The zero-order chi connectivity index (χ0) is 23.0. The fraction of sp³-hybridized carbons (Fsp3) is 0.125. The molecule has 2 aromatic carbocycles. The number of hydrogen-bond acceptors (Lipinski definition) is 3. The van der Waals surface area contributed by atoms with Crippen molar-refractivity contribution in [3.05, 3.63) is 88.2 Å². The normalized spacial score (nSPS) is 11.6. The zero-order valence-electron chi connectivity index (χ0n) is 17.1. The molecule has 4 nitrogen and oxygen atoms in total. The van der Waals surface area contributed by atoms with E-state index in [1.54, 1.807) is 36.7 Å². The molecule has 2 heterocycles. The van der Waals surface area contributed by atoms with Crippen molar-refractivity contribution in [1.29, 1.82) is 0 Å². The van der Waals surface area contributed by atoms with Crippen molar-refractivity contribution in [3.8, 4) is 11.3 Å². The summed E-state index contributed by atoms with van der Waals surface area (Å²) in [7, 11) is 0. The molecule has 2 aromatic heterocycles. The Bertz CT molecular complexity index is 1340. The van der Waals surface area contributed by atoms with E-state index in [0.717, 1.165) is 28.8 Å². The maximum Gasteiger partial charge on any atom is 0.418 e. The van der Waals surface area contributed by atoms with Gasteiger partial charge in [-0.2, -0.15) is 13.2 Å². The van der Waals surface area contributed by atoms with Crippen LogP contribution in [0.3, 0.4) is 0 Å². The topological polar surface area (TPSA) is 54.9 Å². The van der Waals surface area contributed by atoms with E-state index < -0.39 is 17.6 Å². The number of nitrogens with zero attached hydrogens (tertiary/aromatic N) is 2. The molecule has 0 radical (unpaired) electrons. The van der Waals surface area contributed by atoms with Crippen LogP contribution in [0.2, 0.25) is 5.02 Å². The lowest BCUT2D eigenvalue weighted by atomic mass is 9.99. The van der Waals surface area contributed by atoms with Crippen LogP contribution in [-0.4, -0.2) is 15.9 Å². The summed E-state index contributed by atoms with van der Waals surface area (Å²) < 4.78 is 40.5. The van der Waals surface area contributed by atoms with Gasteiger partial charge in [0.15, 0.2) is 0 Å². The van der Waals surface area contributed by atoms with Crippen LogP contribution in [0.5, 0.6) is 0 Å². The Kier molecular flexibility index (Phi) is 5.60. The highest BCUT2D eigenvalue weighted by Crippen LogP contribution is 2.37. The highest BCUT2D eigenvalue weighted by molar-refractivity contribution is 6.30. The molecule has 162 valence electrons. The van der Waals surface area contributed by atoms with Gasteiger partial charge in [0.25, 0.3) is 5.91 Å². The molecule has 0 aliphatic heterocycles. The Balaban J connectivity index is 1.88. The van der Waals surface area contributed by atoms with E-state index in [1.807, 2.05) is 19.9 Å². The lowest BCUT2D eigenvalue weighted by Gasteiger charge is -2.16. The first-order valence-electron chi connectivity index (χ1n) is 9.64. The summed E-state index contributed by atoms with van der Waals surface area (Å²) in [5.41, 5.74) is 2.45. The summed E-state index contributed by atoms with van der Waals surface area (Å²) in [4.78, 5) is 21.9. The molecule has 8 heteroatoms. The van der Waals surface area contributed by atoms with Crippen molar-refractivity contribution in [2.24, 2.45) is 0 Å². The van der Waals surface area contributed by atoms with Gasteiger partial charge in [-0.05, 0) is 61.9 Å². The highest BCUT2D eigenvalue weighted by Gasteiger charge is 2.34. The molecule has 32 heavy (non-hydrogen) atoms. The Labute approximate surface area is 187 Å². The van der Waals surface area contributed by atoms with Crippen molar-refractivity contribution in [2.45, 2.75) is 20.0 Å². The van der Waals surface area contributed by atoms with Gasteiger partial charge in [-0.25, -0.2) is 4.98 Å². The summed E-state index contributed by atoms with van der Waals surface area (Å²) in [5.74, 6) is -0.675. The van der Waals surface area contributed by atoms with Crippen LogP contribution < -0.4 is 5.32 Å². The minimum Gasteiger partial charge on any atom is -0.321 e. The molecular formula is C24H17ClF3N3O. The SMILES string of the molecule is Cc1cc(C)c2nc(-c3ccncc3)cc(C(=O)Nc3ccc(Cl)cc3C(F)(F)F)c2c1. The number of rotatable bonds is 3. The van der Waals surface area contributed by atoms with Crippen LogP contribution in [0, 0.1) is 13.8 Å². The molecule has 1 amide bonds. The number of aromatic nitrogens is 2. The summed E-state index contributed by atoms with van der Waals surface area (Å²) in [6.45, 7) is 3.76. The average molecular weight is 456 g/mol. The number of alkyl halides is 3. The highest BCUT2D eigenvalue weighted by atomic mass is 35.5. The third-order valence-corrected chi connectivity index (χ3v) is 5.24. The summed E-state index contributed by atoms with van der Waals surface area (Å²) in [6, 6.07) is 12.1. The maximum atomic E-state index is 13.5. The van der Waals surface area contributed by atoms with Gasteiger partial charge in [0.05, 0.1) is 28.0 Å². The summed E-state index contributed by atoms with van der Waals surface area (Å²) >= 11 is 5.75. The van der Waals surface area contributed by atoms with Gasteiger partial charge in [-0.1, -0.05) is 23.2 Å². The molecule has 0 saturated heterocycles. The Morgan fingerprint density at radius 1 is 1.00 bits per heavy atom. The number of nitrogens with one attached hydrogen (secondary N) is 1. The lowest BCUT2D eigenvalue weighted by Crippen LogP contribution is -2.17. The number of aryl methyl sites for hydroxylation is 2. The number of benzene rings is 2. The second kappa shape index (κ2) is 8.24. The first kappa shape index (κ1) is 21.8.